The number of aromatic nitrogens is 1. The van der Waals surface area contributed by atoms with Gasteiger partial charge in [0.15, 0.2) is 5.82 Å². The molecule has 11 heavy (non-hydrogen) atoms. The average Bonchev–Trinajstić information content (AvgIpc) is 1.98. The molecule has 0 N–H and O–H groups in total. The third-order valence-corrected chi connectivity index (χ3v) is 1.70. The molecule has 0 atom stereocenters. The Balaban J connectivity index is 3.14. The molecule has 0 saturated heterocycles. The summed E-state index contributed by atoms with van der Waals surface area (Å²) >= 11 is 11.3. The third kappa shape index (κ3) is 2.05. The van der Waals surface area contributed by atoms with E-state index in [1.165, 1.54) is 6.20 Å². The highest BCUT2D eigenvalue weighted by Crippen LogP contribution is 2.23. The summed E-state index contributed by atoms with van der Waals surface area (Å²) < 4.78 is 0. The van der Waals surface area contributed by atoms with Crippen molar-refractivity contribution in [1.29, 1.82) is 0 Å². The van der Waals surface area contributed by atoms with Gasteiger partial charge in [-0.25, -0.2) is 4.98 Å². The van der Waals surface area contributed by atoms with Crippen molar-refractivity contribution in [3.05, 3.63) is 28.9 Å². The fraction of sp³-hybridized carbons (Fsp3) is 0. The van der Waals surface area contributed by atoms with Crippen LogP contribution in [0.3, 0.4) is 0 Å². The third-order valence-electron chi connectivity index (χ3n) is 0.988. The Bertz CT molecular complexity index is 316. The maximum atomic E-state index is 5.67. The lowest BCUT2D eigenvalue weighted by Crippen LogP contribution is -1.74. The van der Waals surface area contributed by atoms with Crippen LogP contribution in [0.2, 0.25) is 10.0 Å². The SMILES string of the molecule is C=C=Nc1cc(Cl)c(Cl)cn1. The summed E-state index contributed by atoms with van der Waals surface area (Å²) in [6.45, 7) is 3.30. The molecular formula is C7H4Cl2N2. The first kappa shape index (κ1) is 8.28. The largest absolute Gasteiger partial charge is 0.235 e. The second kappa shape index (κ2) is 3.54. The van der Waals surface area contributed by atoms with Crippen molar-refractivity contribution >= 4 is 34.9 Å². The van der Waals surface area contributed by atoms with E-state index in [1.807, 2.05) is 0 Å². The van der Waals surface area contributed by atoms with Crippen LogP contribution in [0, 0.1) is 0 Å². The van der Waals surface area contributed by atoms with Crippen molar-refractivity contribution in [2.45, 2.75) is 0 Å². The lowest BCUT2D eigenvalue weighted by molar-refractivity contribution is 1.28. The van der Waals surface area contributed by atoms with E-state index in [0.717, 1.165) is 0 Å². The van der Waals surface area contributed by atoms with Crippen LogP contribution in [0.4, 0.5) is 5.82 Å². The summed E-state index contributed by atoms with van der Waals surface area (Å²) in [4.78, 5) is 7.54. The highest BCUT2D eigenvalue weighted by molar-refractivity contribution is 6.42. The van der Waals surface area contributed by atoms with Gasteiger partial charge in [-0.05, 0) is 12.4 Å². The summed E-state index contributed by atoms with van der Waals surface area (Å²) in [7, 11) is 0. The van der Waals surface area contributed by atoms with E-state index < -0.39 is 0 Å². The number of hydrogen-bond donors (Lipinski definition) is 0. The van der Waals surface area contributed by atoms with Crippen LogP contribution in [-0.2, 0) is 0 Å². The molecule has 0 aliphatic rings. The Labute approximate surface area is 74.2 Å². The predicted molar refractivity (Wildman–Crippen MR) is 47.0 cm³/mol. The van der Waals surface area contributed by atoms with Gasteiger partial charge < -0.3 is 0 Å². The van der Waals surface area contributed by atoms with Gasteiger partial charge in [0.25, 0.3) is 0 Å². The van der Waals surface area contributed by atoms with Crippen molar-refractivity contribution in [2.24, 2.45) is 4.99 Å². The quantitative estimate of drug-likeness (QED) is 0.620. The van der Waals surface area contributed by atoms with Crippen LogP contribution in [0.1, 0.15) is 0 Å². The molecule has 4 heteroatoms. The Hall–Kier alpha value is -0.820. The normalized spacial score (nSPS) is 8.91. The number of halogens is 2. The van der Waals surface area contributed by atoms with Crippen LogP contribution in [0.25, 0.3) is 0 Å². The maximum Gasteiger partial charge on any atom is 0.163 e. The molecule has 0 aliphatic carbocycles. The van der Waals surface area contributed by atoms with Crippen LogP contribution in [0.5, 0.6) is 0 Å². The molecule has 0 aromatic carbocycles. The van der Waals surface area contributed by atoms with Gasteiger partial charge in [0.2, 0.25) is 0 Å². The molecule has 0 aliphatic heterocycles. The Kier molecular flexibility index (Phi) is 2.66. The van der Waals surface area contributed by atoms with Gasteiger partial charge in [-0.1, -0.05) is 23.2 Å². The summed E-state index contributed by atoms with van der Waals surface area (Å²) in [5.74, 6) is 2.79. The average molecular weight is 187 g/mol. The zero-order chi connectivity index (χ0) is 8.27. The van der Waals surface area contributed by atoms with E-state index in [-0.39, 0.29) is 0 Å². The highest BCUT2D eigenvalue weighted by Gasteiger charge is 1.97. The zero-order valence-corrected chi connectivity index (χ0v) is 7.02. The van der Waals surface area contributed by atoms with Crippen LogP contribution >= 0.6 is 23.2 Å². The molecule has 0 saturated carbocycles. The topological polar surface area (TPSA) is 25.2 Å². The molecule has 0 radical (unpaired) electrons. The summed E-state index contributed by atoms with van der Waals surface area (Å²) in [6.07, 6.45) is 1.43. The second-order valence-electron chi connectivity index (χ2n) is 1.73. The van der Waals surface area contributed by atoms with Crippen molar-refractivity contribution in [2.75, 3.05) is 0 Å². The first-order valence-electron chi connectivity index (χ1n) is 2.78. The summed E-state index contributed by atoms with van der Waals surface area (Å²) in [5, 5.41) is 0.838. The molecule has 1 rings (SSSR count). The molecule has 1 heterocycles. The maximum absolute atomic E-state index is 5.67. The van der Waals surface area contributed by atoms with Gasteiger partial charge in [0.1, 0.15) is 0 Å². The van der Waals surface area contributed by atoms with Gasteiger partial charge >= 0.3 is 0 Å². The van der Waals surface area contributed by atoms with Gasteiger partial charge in [0, 0.05) is 12.3 Å². The number of rotatable bonds is 1. The monoisotopic (exact) mass is 186 g/mol. The van der Waals surface area contributed by atoms with Gasteiger partial charge in [0.05, 0.1) is 10.0 Å². The Morgan fingerprint density at radius 2 is 2.18 bits per heavy atom. The summed E-state index contributed by atoms with van der Waals surface area (Å²) in [5.41, 5.74) is 0. The van der Waals surface area contributed by atoms with Crippen LogP contribution in [0.15, 0.2) is 23.8 Å². The predicted octanol–water partition coefficient (Wildman–Crippen LogP) is 2.88. The molecule has 1 aromatic heterocycles. The van der Waals surface area contributed by atoms with Crippen molar-refractivity contribution in [3.8, 4) is 0 Å². The molecule has 0 spiro atoms. The second-order valence-corrected chi connectivity index (χ2v) is 2.54. The van der Waals surface area contributed by atoms with Gasteiger partial charge in [-0.3, -0.25) is 0 Å². The van der Waals surface area contributed by atoms with Crippen LogP contribution < -0.4 is 0 Å². The van der Waals surface area contributed by atoms with E-state index in [0.29, 0.717) is 15.9 Å². The van der Waals surface area contributed by atoms with E-state index in [2.05, 4.69) is 22.4 Å². The number of pyridine rings is 1. The van der Waals surface area contributed by atoms with E-state index >= 15 is 0 Å². The van der Waals surface area contributed by atoms with E-state index in [4.69, 9.17) is 23.2 Å². The lowest BCUT2D eigenvalue weighted by Gasteiger charge is -1.93. The fourth-order valence-electron chi connectivity index (χ4n) is 0.546. The lowest BCUT2D eigenvalue weighted by atomic mass is 10.5. The van der Waals surface area contributed by atoms with Gasteiger partial charge in [-0.2, -0.15) is 4.99 Å². The Morgan fingerprint density at radius 1 is 1.45 bits per heavy atom. The molecule has 0 amide bonds. The van der Waals surface area contributed by atoms with Gasteiger partial charge in [-0.15, -0.1) is 0 Å². The standard InChI is InChI=1S/C7H4Cl2N2/c1-2-10-7-3-5(8)6(9)4-11-7/h3-4H,1H2. The smallest absolute Gasteiger partial charge is 0.163 e. The minimum Gasteiger partial charge on any atom is -0.235 e. The molecule has 2 nitrogen and oxygen atoms in total. The summed E-state index contributed by atoms with van der Waals surface area (Å²) in [6, 6.07) is 1.54. The van der Waals surface area contributed by atoms with E-state index in [9.17, 15) is 0 Å². The van der Waals surface area contributed by atoms with Crippen molar-refractivity contribution < 1.29 is 0 Å². The first-order valence-corrected chi connectivity index (χ1v) is 3.53. The number of aliphatic imine (C=N–C) groups is 1. The number of nitrogens with zero attached hydrogens (tertiary/aromatic N) is 2. The first-order chi connectivity index (χ1) is 5.24. The molecule has 0 fully saturated rings. The minimum absolute atomic E-state index is 0.412. The van der Waals surface area contributed by atoms with Crippen molar-refractivity contribution in [1.82, 2.24) is 4.98 Å². The molecular weight excluding hydrogens is 183 g/mol. The van der Waals surface area contributed by atoms with Crippen LogP contribution in [-0.4, -0.2) is 10.9 Å². The highest BCUT2D eigenvalue weighted by atomic mass is 35.5. The molecule has 56 valence electrons. The van der Waals surface area contributed by atoms with Crippen molar-refractivity contribution in [3.63, 3.8) is 0 Å². The fourth-order valence-corrected chi connectivity index (χ4v) is 0.796. The minimum atomic E-state index is 0.412. The van der Waals surface area contributed by atoms with E-state index in [1.54, 1.807) is 6.07 Å². The zero-order valence-electron chi connectivity index (χ0n) is 5.51. The number of hydrogen-bond acceptors (Lipinski definition) is 2. The molecule has 1 aromatic rings. The molecule has 0 unspecified atom stereocenters. The Morgan fingerprint density at radius 3 is 2.73 bits per heavy atom. The molecule has 0 bridgehead atoms.